The van der Waals surface area contributed by atoms with Gasteiger partial charge in [0.25, 0.3) is 11.8 Å². The minimum Gasteiger partial charge on any atom is -0.345 e. The third kappa shape index (κ3) is 4.64. The number of carbonyl (C=O) groups is 2. The number of carbonyl (C=O) groups excluding carboxylic acids is 2. The summed E-state index contributed by atoms with van der Waals surface area (Å²) in [5, 5.41) is 0. The standard InChI is InChI=1S/C22H27N3O4S/c1-4-24(16-17-6-8-18(9-7-17)21(26)23(2)3)22(27)19-10-12-20(13-11-19)25-14-5-15-30(25,28)29/h6-13H,4-5,14-16H2,1-3H3. The lowest BCUT2D eigenvalue weighted by molar-refractivity contribution is 0.0751. The van der Waals surface area contributed by atoms with Crippen LogP contribution in [0, 0.1) is 0 Å². The molecule has 0 saturated carbocycles. The van der Waals surface area contributed by atoms with Gasteiger partial charge >= 0.3 is 0 Å². The Morgan fingerprint density at radius 1 is 0.933 bits per heavy atom. The average molecular weight is 430 g/mol. The van der Waals surface area contributed by atoms with Crippen LogP contribution in [0.4, 0.5) is 5.69 Å². The summed E-state index contributed by atoms with van der Waals surface area (Å²) < 4.78 is 25.5. The van der Waals surface area contributed by atoms with Crippen LogP contribution in [0.1, 0.15) is 39.6 Å². The summed E-state index contributed by atoms with van der Waals surface area (Å²) in [5.74, 6) is -0.0252. The first-order chi connectivity index (χ1) is 14.2. The van der Waals surface area contributed by atoms with E-state index in [1.165, 1.54) is 9.21 Å². The molecule has 2 aromatic carbocycles. The highest BCUT2D eigenvalue weighted by Gasteiger charge is 2.28. The van der Waals surface area contributed by atoms with Crippen molar-refractivity contribution < 1.29 is 18.0 Å². The van der Waals surface area contributed by atoms with Gasteiger partial charge in [-0.05, 0) is 55.3 Å². The monoisotopic (exact) mass is 429 g/mol. The minimum atomic E-state index is -3.24. The fourth-order valence-electron chi connectivity index (χ4n) is 3.44. The molecule has 7 nitrogen and oxygen atoms in total. The summed E-state index contributed by atoms with van der Waals surface area (Å²) in [6, 6.07) is 14.0. The van der Waals surface area contributed by atoms with Gasteiger partial charge in [0.1, 0.15) is 0 Å². The van der Waals surface area contributed by atoms with Crippen molar-refractivity contribution in [2.24, 2.45) is 0 Å². The Kier molecular flexibility index (Phi) is 6.45. The van der Waals surface area contributed by atoms with Crippen LogP contribution < -0.4 is 4.31 Å². The summed E-state index contributed by atoms with van der Waals surface area (Å²) in [5.41, 5.74) is 2.63. The highest BCUT2D eigenvalue weighted by atomic mass is 32.2. The molecule has 0 aromatic heterocycles. The van der Waals surface area contributed by atoms with Gasteiger partial charge in [0.15, 0.2) is 0 Å². The van der Waals surface area contributed by atoms with E-state index in [0.29, 0.717) is 42.9 Å². The van der Waals surface area contributed by atoms with Crippen molar-refractivity contribution in [2.45, 2.75) is 19.9 Å². The van der Waals surface area contributed by atoms with Crippen molar-refractivity contribution in [3.8, 4) is 0 Å². The van der Waals surface area contributed by atoms with Gasteiger partial charge in [-0.2, -0.15) is 0 Å². The van der Waals surface area contributed by atoms with Crippen LogP contribution >= 0.6 is 0 Å². The SMILES string of the molecule is CCN(Cc1ccc(C(=O)N(C)C)cc1)C(=O)c1ccc(N2CCCS2(=O)=O)cc1. The maximum Gasteiger partial charge on any atom is 0.254 e. The molecule has 0 radical (unpaired) electrons. The Labute approximate surface area is 177 Å². The van der Waals surface area contributed by atoms with Gasteiger partial charge < -0.3 is 9.80 Å². The van der Waals surface area contributed by atoms with Crippen molar-refractivity contribution in [2.75, 3.05) is 37.2 Å². The van der Waals surface area contributed by atoms with E-state index in [4.69, 9.17) is 0 Å². The molecule has 1 aliphatic heterocycles. The molecule has 0 unspecified atom stereocenters. The van der Waals surface area contributed by atoms with Gasteiger partial charge in [0.2, 0.25) is 10.0 Å². The van der Waals surface area contributed by atoms with Gasteiger partial charge in [-0.15, -0.1) is 0 Å². The van der Waals surface area contributed by atoms with E-state index in [1.807, 2.05) is 19.1 Å². The highest BCUT2D eigenvalue weighted by Crippen LogP contribution is 2.24. The molecular weight excluding hydrogens is 402 g/mol. The molecule has 1 fully saturated rings. The van der Waals surface area contributed by atoms with Gasteiger partial charge in [-0.25, -0.2) is 8.42 Å². The predicted octanol–water partition coefficient (Wildman–Crippen LogP) is 2.59. The molecule has 1 saturated heterocycles. The Morgan fingerprint density at radius 2 is 1.50 bits per heavy atom. The van der Waals surface area contributed by atoms with Crippen LogP contribution in [0.5, 0.6) is 0 Å². The number of benzene rings is 2. The van der Waals surface area contributed by atoms with Gasteiger partial charge in [0.05, 0.1) is 11.4 Å². The maximum absolute atomic E-state index is 12.9. The van der Waals surface area contributed by atoms with Crippen LogP contribution in [0.25, 0.3) is 0 Å². The molecule has 0 aliphatic carbocycles. The molecule has 8 heteroatoms. The molecule has 0 bridgehead atoms. The lowest BCUT2D eigenvalue weighted by Gasteiger charge is -2.22. The molecule has 3 rings (SSSR count). The average Bonchev–Trinajstić information content (AvgIpc) is 3.10. The predicted molar refractivity (Wildman–Crippen MR) is 117 cm³/mol. The first-order valence-electron chi connectivity index (χ1n) is 9.93. The quantitative estimate of drug-likeness (QED) is 0.707. The van der Waals surface area contributed by atoms with Gasteiger partial charge in [0, 0.05) is 44.9 Å². The number of rotatable bonds is 6. The van der Waals surface area contributed by atoms with E-state index in [1.54, 1.807) is 55.4 Å². The highest BCUT2D eigenvalue weighted by molar-refractivity contribution is 7.93. The maximum atomic E-state index is 12.9. The fourth-order valence-corrected chi connectivity index (χ4v) is 5.01. The summed E-state index contributed by atoms with van der Waals surface area (Å²) >= 11 is 0. The fraction of sp³-hybridized carbons (Fsp3) is 0.364. The zero-order valence-corrected chi connectivity index (χ0v) is 18.4. The molecule has 0 N–H and O–H groups in total. The van der Waals surface area contributed by atoms with E-state index < -0.39 is 10.0 Å². The van der Waals surface area contributed by atoms with Crippen molar-refractivity contribution >= 4 is 27.5 Å². The van der Waals surface area contributed by atoms with Crippen LogP contribution in [0.15, 0.2) is 48.5 Å². The van der Waals surface area contributed by atoms with Crippen LogP contribution in [0.3, 0.4) is 0 Å². The van der Waals surface area contributed by atoms with E-state index in [0.717, 1.165) is 5.56 Å². The van der Waals surface area contributed by atoms with Crippen molar-refractivity contribution in [3.63, 3.8) is 0 Å². The molecule has 1 heterocycles. The van der Waals surface area contributed by atoms with Crippen molar-refractivity contribution in [1.29, 1.82) is 0 Å². The normalized spacial score (nSPS) is 15.1. The largest absolute Gasteiger partial charge is 0.345 e. The zero-order chi connectivity index (χ0) is 21.9. The Hall–Kier alpha value is -2.87. The second kappa shape index (κ2) is 8.87. The lowest BCUT2D eigenvalue weighted by atomic mass is 10.1. The second-order valence-electron chi connectivity index (χ2n) is 7.50. The van der Waals surface area contributed by atoms with E-state index in [2.05, 4.69) is 0 Å². The first-order valence-corrected chi connectivity index (χ1v) is 11.5. The van der Waals surface area contributed by atoms with Crippen LogP contribution in [-0.4, -0.2) is 63.0 Å². The summed E-state index contributed by atoms with van der Waals surface area (Å²) in [4.78, 5) is 28.2. The number of hydrogen-bond acceptors (Lipinski definition) is 4. The number of amides is 2. The molecule has 0 atom stereocenters. The van der Waals surface area contributed by atoms with E-state index in [9.17, 15) is 18.0 Å². The second-order valence-corrected chi connectivity index (χ2v) is 9.52. The minimum absolute atomic E-state index is 0.0647. The topological polar surface area (TPSA) is 78.0 Å². The first kappa shape index (κ1) is 21.8. The molecule has 160 valence electrons. The summed E-state index contributed by atoms with van der Waals surface area (Å²) in [6.07, 6.45) is 0.617. The van der Waals surface area contributed by atoms with Gasteiger partial charge in [-0.3, -0.25) is 13.9 Å². The number of nitrogens with zero attached hydrogens (tertiary/aromatic N) is 3. The molecule has 1 aliphatic rings. The summed E-state index contributed by atoms with van der Waals surface area (Å²) in [7, 11) is 0.174. The number of sulfonamides is 1. The van der Waals surface area contributed by atoms with Crippen LogP contribution in [0.2, 0.25) is 0 Å². The third-order valence-corrected chi connectivity index (χ3v) is 7.02. The van der Waals surface area contributed by atoms with Crippen molar-refractivity contribution in [1.82, 2.24) is 9.80 Å². The molecule has 30 heavy (non-hydrogen) atoms. The molecule has 2 amide bonds. The van der Waals surface area contributed by atoms with E-state index >= 15 is 0 Å². The summed E-state index contributed by atoms with van der Waals surface area (Å²) in [6.45, 7) is 3.34. The Morgan fingerprint density at radius 3 is 2.00 bits per heavy atom. The van der Waals surface area contributed by atoms with Crippen LogP contribution in [-0.2, 0) is 16.6 Å². The Balaban J connectivity index is 1.71. The number of anilines is 1. The van der Waals surface area contributed by atoms with E-state index in [-0.39, 0.29) is 17.6 Å². The third-order valence-electron chi connectivity index (χ3n) is 5.15. The Bertz CT molecular complexity index is 1020. The molecular formula is C22H27N3O4S. The van der Waals surface area contributed by atoms with Gasteiger partial charge in [-0.1, -0.05) is 12.1 Å². The zero-order valence-electron chi connectivity index (χ0n) is 17.5. The number of hydrogen-bond donors (Lipinski definition) is 0. The van der Waals surface area contributed by atoms with Crippen molar-refractivity contribution in [3.05, 3.63) is 65.2 Å². The molecule has 0 spiro atoms. The lowest BCUT2D eigenvalue weighted by Crippen LogP contribution is -2.30. The smallest absolute Gasteiger partial charge is 0.254 e. The molecule has 2 aromatic rings.